The van der Waals surface area contributed by atoms with Gasteiger partial charge in [0.25, 0.3) is 0 Å². The largest absolute Gasteiger partial charge is 0.481 e. The fourth-order valence-corrected chi connectivity index (χ4v) is 1.51. The number of aromatic nitrogens is 2. The topological polar surface area (TPSA) is 66.3 Å². The highest BCUT2D eigenvalue weighted by molar-refractivity contribution is 5.67. The van der Waals surface area contributed by atoms with Crippen molar-refractivity contribution < 1.29 is 9.90 Å². The van der Waals surface area contributed by atoms with Crippen LogP contribution in [0.4, 0.5) is 5.82 Å². The first-order valence-electron chi connectivity index (χ1n) is 5.28. The molecule has 0 saturated carbocycles. The Labute approximate surface area is 95.1 Å². The smallest absolute Gasteiger partial charge is 0.305 e. The molecule has 0 atom stereocenters. The van der Waals surface area contributed by atoms with Crippen LogP contribution in [0.3, 0.4) is 0 Å². The van der Waals surface area contributed by atoms with Gasteiger partial charge in [0.2, 0.25) is 0 Å². The van der Waals surface area contributed by atoms with Gasteiger partial charge in [-0.2, -0.15) is 0 Å². The van der Waals surface area contributed by atoms with Gasteiger partial charge in [0, 0.05) is 25.0 Å². The number of rotatable bonds is 5. The van der Waals surface area contributed by atoms with Gasteiger partial charge in [0.05, 0.1) is 12.1 Å². The zero-order valence-corrected chi connectivity index (χ0v) is 9.84. The number of nitrogens with zero attached hydrogens (tertiary/aromatic N) is 3. The number of anilines is 1. The first-order chi connectivity index (χ1) is 7.52. The predicted molar refractivity (Wildman–Crippen MR) is 61.5 cm³/mol. The van der Waals surface area contributed by atoms with Gasteiger partial charge in [-0.05, 0) is 20.8 Å². The summed E-state index contributed by atoms with van der Waals surface area (Å²) in [5, 5.41) is 8.70. The number of aryl methyl sites for hydroxylation is 1. The van der Waals surface area contributed by atoms with Crippen molar-refractivity contribution in [1.29, 1.82) is 0 Å². The average Bonchev–Trinajstić information content (AvgIpc) is 2.20. The van der Waals surface area contributed by atoms with E-state index in [4.69, 9.17) is 5.11 Å². The van der Waals surface area contributed by atoms with E-state index in [9.17, 15) is 4.79 Å². The van der Waals surface area contributed by atoms with Gasteiger partial charge < -0.3 is 10.0 Å². The fraction of sp³-hybridized carbons (Fsp3) is 0.545. The van der Waals surface area contributed by atoms with E-state index in [2.05, 4.69) is 9.97 Å². The van der Waals surface area contributed by atoms with Crippen LogP contribution in [0.5, 0.6) is 0 Å². The second kappa shape index (κ2) is 5.44. The first kappa shape index (κ1) is 12.4. The van der Waals surface area contributed by atoms with Crippen LogP contribution in [-0.4, -0.2) is 33.6 Å². The maximum absolute atomic E-state index is 10.6. The molecule has 0 aliphatic rings. The summed E-state index contributed by atoms with van der Waals surface area (Å²) in [5.74, 6) is -0.0362. The molecule has 88 valence electrons. The van der Waals surface area contributed by atoms with Crippen LogP contribution in [0.25, 0.3) is 0 Å². The molecule has 0 radical (unpaired) electrons. The first-order valence-corrected chi connectivity index (χ1v) is 5.28. The van der Waals surface area contributed by atoms with Crippen molar-refractivity contribution in [2.24, 2.45) is 0 Å². The highest BCUT2D eigenvalue weighted by Gasteiger charge is 2.15. The van der Waals surface area contributed by atoms with Gasteiger partial charge in [-0.3, -0.25) is 9.78 Å². The Morgan fingerprint density at radius 3 is 2.56 bits per heavy atom. The molecule has 1 heterocycles. The standard InChI is InChI=1S/C11H17N3O2/c1-8(2)14(7-4-10(15)16)11-9(3)12-5-6-13-11/h5-6,8H,4,7H2,1-3H3,(H,15,16). The van der Waals surface area contributed by atoms with E-state index in [-0.39, 0.29) is 12.5 Å². The third-order valence-corrected chi connectivity index (χ3v) is 2.32. The van der Waals surface area contributed by atoms with Crippen molar-refractivity contribution >= 4 is 11.8 Å². The summed E-state index contributed by atoms with van der Waals surface area (Å²) in [7, 11) is 0. The molecule has 0 unspecified atom stereocenters. The summed E-state index contributed by atoms with van der Waals surface area (Å²) < 4.78 is 0. The molecule has 1 N–H and O–H groups in total. The molecule has 1 rings (SSSR count). The highest BCUT2D eigenvalue weighted by Crippen LogP contribution is 2.16. The second-order valence-corrected chi connectivity index (χ2v) is 3.90. The van der Waals surface area contributed by atoms with Gasteiger partial charge in [-0.15, -0.1) is 0 Å². The molecule has 0 bridgehead atoms. The fourth-order valence-electron chi connectivity index (χ4n) is 1.51. The Hall–Kier alpha value is -1.65. The molecule has 0 fully saturated rings. The lowest BCUT2D eigenvalue weighted by Gasteiger charge is -2.27. The van der Waals surface area contributed by atoms with Gasteiger partial charge in [0.15, 0.2) is 0 Å². The zero-order chi connectivity index (χ0) is 12.1. The maximum atomic E-state index is 10.6. The Morgan fingerprint density at radius 1 is 1.44 bits per heavy atom. The number of hydrogen-bond acceptors (Lipinski definition) is 4. The van der Waals surface area contributed by atoms with Crippen molar-refractivity contribution in [2.45, 2.75) is 33.2 Å². The van der Waals surface area contributed by atoms with Crippen LogP contribution in [-0.2, 0) is 4.79 Å². The molecule has 0 aliphatic heterocycles. The summed E-state index contributed by atoms with van der Waals surface area (Å²) in [6.07, 6.45) is 3.36. The molecular formula is C11H17N3O2. The van der Waals surface area contributed by atoms with Crippen molar-refractivity contribution in [3.63, 3.8) is 0 Å². The highest BCUT2D eigenvalue weighted by atomic mass is 16.4. The van der Waals surface area contributed by atoms with Gasteiger partial charge in [0.1, 0.15) is 5.82 Å². The lowest BCUT2D eigenvalue weighted by Crippen LogP contribution is -2.34. The van der Waals surface area contributed by atoms with Gasteiger partial charge >= 0.3 is 5.97 Å². The third kappa shape index (κ3) is 3.18. The van der Waals surface area contributed by atoms with Crippen molar-refractivity contribution in [3.05, 3.63) is 18.1 Å². The maximum Gasteiger partial charge on any atom is 0.305 e. The van der Waals surface area contributed by atoms with E-state index in [0.717, 1.165) is 11.5 Å². The lowest BCUT2D eigenvalue weighted by atomic mass is 10.2. The summed E-state index contributed by atoms with van der Waals surface area (Å²) >= 11 is 0. The van der Waals surface area contributed by atoms with E-state index in [1.807, 2.05) is 25.7 Å². The monoisotopic (exact) mass is 223 g/mol. The minimum atomic E-state index is -0.799. The summed E-state index contributed by atoms with van der Waals surface area (Å²) in [6.45, 7) is 6.34. The Balaban J connectivity index is 2.85. The molecule has 0 spiro atoms. The zero-order valence-electron chi connectivity index (χ0n) is 9.84. The number of carbonyl (C=O) groups is 1. The molecule has 5 heteroatoms. The minimum Gasteiger partial charge on any atom is -0.481 e. The summed E-state index contributed by atoms with van der Waals surface area (Å²) in [5.41, 5.74) is 0.821. The quantitative estimate of drug-likeness (QED) is 0.818. The molecular weight excluding hydrogens is 206 g/mol. The van der Waals surface area contributed by atoms with Crippen LogP contribution in [0, 0.1) is 6.92 Å². The van der Waals surface area contributed by atoms with E-state index in [0.29, 0.717) is 6.54 Å². The van der Waals surface area contributed by atoms with E-state index >= 15 is 0 Å². The average molecular weight is 223 g/mol. The SMILES string of the molecule is Cc1nccnc1N(CCC(=O)O)C(C)C. The molecule has 1 aromatic heterocycles. The Bertz CT molecular complexity index is 366. The van der Waals surface area contributed by atoms with Crippen LogP contribution >= 0.6 is 0 Å². The van der Waals surface area contributed by atoms with Crippen LogP contribution in [0.15, 0.2) is 12.4 Å². The Kier molecular flexibility index (Phi) is 4.22. The van der Waals surface area contributed by atoms with Crippen molar-refractivity contribution in [3.8, 4) is 0 Å². The minimum absolute atomic E-state index is 0.105. The number of carboxylic acids is 1. The van der Waals surface area contributed by atoms with E-state index in [1.54, 1.807) is 12.4 Å². The van der Waals surface area contributed by atoms with Crippen molar-refractivity contribution in [2.75, 3.05) is 11.4 Å². The lowest BCUT2D eigenvalue weighted by molar-refractivity contribution is -0.136. The molecule has 1 aromatic rings. The molecule has 5 nitrogen and oxygen atoms in total. The molecule has 0 amide bonds. The normalized spacial score (nSPS) is 10.5. The summed E-state index contributed by atoms with van der Waals surface area (Å²) in [4.78, 5) is 20.9. The number of hydrogen-bond donors (Lipinski definition) is 1. The van der Waals surface area contributed by atoms with Gasteiger partial charge in [-0.1, -0.05) is 0 Å². The van der Waals surface area contributed by atoms with Crippen molar-refractivity contribution in [1.82, 2.24) is 9.97 Å². The van der Waals surface area contributed by atoms with Crippen LogP contribution < -0.4 is 4.90 Å². The summed E-state index contributed by atoms with van der Waals surface area (Å²) in [6, 6.07) is 0.203. The number of carboxylic acid groups (broad SMARTS) is 1. The van der Waals surface area contributed by atoms with Gasteiger partial charge in [-0.25, -0.2) is 4.98 Å². The molecule has 0 aliphatic carbocycles. The molecule has 0 saturated heterocycles. The van der Waals surface area contributed by atoms with Crippen LogP contribution in [0.1, 0.15) is 26.0 Å². The number of aliphatic carboxylic acids is 1. The Morgan fingerprint density at radius 2 is 2.06 bits per heavy atom. The van der Waals surface area contributed by atoms with E-state index < -0.39 is 5.97 Å². The molecule has 16 heavy (non-hydrogen) atoms. The second-order valence-electron chi connectivity index (χ2n) is 3.90. The predicted octanol–water partition coefficient (Wildman–Crippen LogP) is 1.47. The van der Waals surface area contributed by atoms with Crippen LogP contribution in [0.2, 0.25) is 0 Å². The van der Waals surface area contributed by atoms with E-state index in [1.165, 1.54) is 0 Å². The molecule has 0 aromatic carbocycles. The third-order valence-electron chi connectivity index (χ3n) is 2.32.